The summed E-state index contributed by atoms with van der Waals surface area (Å²) >= 11 is 0. The largest absolute Gasteiger partial charge is 4.00 e. The van der Waals surface area contributed by atoms with Gasteiger partial charge in [0.1, 0.15) is 0 Å². The van der Waals surface area contributed by atoms with Gasteiger partial charge in [0.05, 0.1) is 11.0 Å². The minimum atomic E-state index is -0.417. The third kappa shape index (κ3) is 51.2. The maximum absolute atomic E-state index is 11.1. The quantitative estimate of drug-likeness (QED) is 0.247. The first-order chi connectivity index (χ1) is 21.1. The molecule has 0 aliphatic rings. The number of fused-ring (bicyclic) bond motifs is 2. The summed E-state index contributed by atoms with van der Waals surface area (Å²) in [5.74, 6) is -0.0220. The standard InChI is InChI=1S/2C9H7NO.6C3H7O.2Zr/c2*11-8-5-1-3-7-4-2-6-10-9(7)8;6*1-3(2)4;;/h2*1-6,11H;6*3H,1-2H3;;/q;;6*-1;2*+4/p-2. The second-order valence-corrected chi connectivity index (χ2v) is 11.0. The first-order valence-corrected chi connectivity index (χ1v) is 15.1. The van der Waals surface area contributed by atoms with E-state index in [1.165, 1.54) is 12.1 Å². The fourth-order valence-electron chi connectivity index (χ4n) is 2.15. The van der Waals surface area contributed by atoms with E-state index in [1.54, 1.807) is 108 Å². The Kier molecular flexibility index (Phi) is 46.6. The smallest absolute Gasteiger partial charge is 0.871 e. The van der Waals surface area contributed by atoms with Gasteiger partial charge in [-0.25, -0.2) is 0 Å². The molecule has 48 heavy (non-hydrogen) atoms. The Morgan fingerprint density at radius 2 is 0.562 bits per heavy atom. The maximum atomic E-state index is 11.1. The van der Waals surface area contributed by atoms with Crippen molar-refractivity contribution in [2.45, 2.75) is 120 Å². The predicted molar refractivity (Wildman–Crippen MR) is 173 cm³/mol. The van der Waals surface area contributed by atoms with Gasteiger partial charge in [0.25, 0.3) is 0 Å². The zero-order valence-electron chi connectivity index (χ0n) is 30.6. The molecule has 0 radical (unpaired) electrons. The van der Waals surface area contributed by atoms with Gasteiger partial charge >= 0.3 is 52.4 Å². The number of para-hydroxylation sites is 2. The van der Waals surface area contributed by atoms with Gasteiger partial charge in [-0.15, -0.1) is 36.6 Å². The zero-order chi connectivity index (χ0) is 36.8. The summed E-state index contributed by atoms with van der Waals surface area (Å²) in [6.45, 7) is 19.3. The van der Waals surface area contributed by atoms with Crippen LogP contribution in [0.5, 0.6) is 11.5 Å². The summed E-state index contributed by atoms with van der Waals surface area (Å²) in [6, 6.07) is 17.7. The molecule has 0 unspecified atom stereocenters. The van der Waals surface area contributed by atoms with Crippen LogP contribution < -0.4 is 40.9 Å². The number of hydrogen-bond donors (Lipinski definition) is 0. The predicted octanol–water partition coefficient (Wildman–Crippen LogP) is 1.14. The number of nitrogens with zero attached hydrogens (tertiary/aromatic N) is 2. The van der Waals surface area contributed by atoms with E-state index in [9.17, 15) is 40.9 Å². The van der Waals surface area contributed by atoms with Crippen LogP contribution in [-0.4, -0.2) is 46.6 Å². The van der Waals surface area contributed by atoms with Gasteiger partial charge in [-0.1, -0.05) is 143 Å². The molecule has 2 heterocycles. The van der Waals surface area contributed by atoms with Crippen LogP contribution in [0.4, 0.5) is 0 Å². The molecule has 4 aromatic rings. The van der Waals surface area contributed by atoms with E-state index in [1.807, 2.05) is 36.4 Å². The van der Waals surface area contributed by atoms with E-state index in [0.717, 1.165) is 10.8 Å². The molecule has 0 N–H and O–H groups in total. The zero-order valence-corrected chi connectivity index (χ0v) is 35.5. The maximum Gasteiger partial charge on any atom is 4.00 e. The van der Waals surface area contributed by atoms with Gasteiger partial charge in [0, 0.05) is 12.4 Å². The van der Waals surface area contributed by atoms with Crippen molar-refractivity contribution in [3.63, 3.8) is 0 Å². The normalized spacial score (nSPS) is 9.17. The van der Waals surface area contributed by atoms with Crippen molar-refractivity contribution in [3.05, 3.63) is 73.1 Å². The van der Waals surface area contributed by atoms with Crippen molar-refractivity contribution in [1.82, 2.24) is 9.97 Å². The summed E-state index contributed by atoms with van der Waals surface area (Å²) in [4.78, 5) is 7.94. The molecule has 2 aromatic heterocycles. The van der Waals surface area contributed by atoms with Crippen LogP contribution in [0.2, 0.25) is 0 Å². The summed E-state index contributed by atoms with van der Waals surface area (Å²) in [6.07, 6.45) is 0.757. The number of hydrogen-bond acceptors (Lipinski definition) is 10. The van der Waals surface area contributed by atoms with E-state index >= 15 is 0 Å². The van der Waals surface area contributed by atoms with Crippen LogP contribution in [0.15, 0.2) is 73.1 Å². The Bertz CT molecular complexity index is 1080. The SMILES string of the molecule is CC(C)[O-].CC(C)[O-].CC(C)[O-].CC(C)[O-].CC(C)[O-].CC(C)[O-].[O-]c1cccc2cccnc12.[O-]c1cccc2cccnc12.[Zr+4].[Zr+4]. The van der Waals surface area contributed by atoms with Crippen LogP contribution in [-0.2, 0) is 52.4 Å². The van der Waals surface area contributed by atoms with E-state index in [0.29, 0.717) is 11.0 Å². The molecular weight excluding hydrogens is 771 g/mol. The molecule has 10 nitrogen and oxygen atoms in total. The van der Waals surface area contributed by atoms with E-state index < -0.39 is 36.6 Å². The van der Waals surface area contributed by atoms with Gasteiger partial charge in [0.2, 0.25) is 0 Å². The summed E-state index contributed by atoms with van der Waals surface area (Å²) in [5.41, 5.74) is 1.10. The van der Waals surface area contributed by atoms with Crippen LogP contribution >= 0.6 is 0 Å². The average molecular weight is 825 g/mol. The molecule has 12 heteroatoms. The fraction of sp³-hybridized carbons (Fsp3) is 0.500. The Balaban J connectivity index is -0.000000111. The van der Waals surface area contributed by atoms with Crippen LogP contribution in [0, 0.1) is 0 Å². The first kappa shape index (κ1) is 58.6. The van der Waals surface area contributed by atoms with Crippen LogP contribution in [0.1, 0.15) is 83.1 Å². The summed E-state index contributed by atoms with van der Waals surface area (Å²) in [7, 11) is 0. The van der Waals surface area contributed by atoms with Crippen LogP contribution in [0.25, 0.3) is 21.8 Å². The topological polar surface area (TPSA) is 210 Å². The van der Waals surface area contributed by atoms with Gasteiger partial charge in [-0.3, -0.25) is 9.97 Å². The van der Waals surface area contributed by atoms with Crippen molar-refractivity contribution in [3.8, 4) is 11.5 Å². The van der Waals surface area contributed by atoms with Gasteiger partial charge in [-0.2, -0.15) is 0 Å². The number of aromatic nitrogens is 2. The third-order valence-corrected chi connectivity index (χ3v) is 3.19. The van der Waals surface area contributed by atoms with Gasteiger partial charge in [-0.05, 0) is 22.9 Å². The Hall–Kier alpha value is -1.61. The molecule has 0 fully saturated rings. The Morgan fingerprint density at radius 1 is 0.375 bits per heavy atom. The van der Waals surface area contributed by atoms with E-state index in [2.05, 4.69) is 9.97 Å². The minimum Gasteiger partial charge on any atom is -0.871 e. The van der Waals surface area contributed by atoms with Crippen molar-refractivity contribution < 1.29 is 93.3 Å². The molecule has 0 saturated carbocycles. The van der Waals surface area contributed by atoms with E-state index in [4.69, 9.17) is 0 Å². The molecular formula is C36H54N2O8Zr2. The molecule has 0 amide bonds. The Morgan fingerprint density at radius 3 is 0.750 bits per heavy atom. The monoisotopic (exact) mass is 822 g/mol. The average Bonchev–Trinajstić information content (AvgIpc) is 2.88. The van der Waals surface area contributed by atoms with Crippen molar-refractivity contribution >= 4 is 21.8 Å². The molecule has 2 aromatic carbocycles. The molecule has 0 bridgehead atoms. The number of pyridine rings is 2. The minimum absolute atomic E-state index is 0. The van der Waals surface area contributed by atoms with Crippen LogP contribution in [0.3, 0.4) is 0 Å². The molecule has 0 aliphatic heterocycles. The molecule has 4 rings (SSSR count). The van der Waals surface area contributed by atoms with Gasteiger partial charge < -0.3 is 40.9 Å². The van der Waals surface area contributed by atoms with Crippen molar-refractivity contribution in [2.24, 2.45) is 0 Å². The summed E-state index contributed by atoms with van der Waals surface area (Å²) < 4.78 is 0. The molecule has 0 saturated heterocycles. The van der Waals surface area contributed by atoms with Crippen molar-refractivity contribution in [1.29, 1.82) is 0 Å². The van der Waals surface area contributed by atoms with E-state index in [-0.39, 0.29) is 63.9 Å². The molecule has 0 atom stereocenters. The Labute approximate surface area is 327 Å². The number of benzene rings is 2. The molecule has 264 valence electrons. The third-order valence-electron chi connectivity index (χ3n) is 3.19. The second kappa shape index (κ2) is 38.2. The fourth-order valence-corrected chi connectivity index (χ4v) is 2.15. The first-order valence-electron chi connectivity index (χ1n) is 15.1. The summed E-state index contributed by atoms with van der Waals surface area (Å²) in [5, 5.41) is 81.2. The number of rotatable bonds is 0. The molecule has 0 aliphatic carbocycles. The van der Waals surface area contributed by atoms with Crippen molar-refractivity contribution in [2.75, 3.05) is 0 Å². The second-order valence-electron chi connectivity index (χ2n) is 11.0. The molecule has 0 spiro atoms. The van der Waals surface area contributed by atoms with Gasteiger partial charge in [0.15, 0.2) is 0 Å².